The van der Waals surface area contributed by atoms with Crippen molar-refractivity contribution in [2.24, 2.45) is 0 Å². The average molecular weight is 402 g/mol. The number of carbonyl (C=O) groups excluding carboxylic acids is 1. The molecule has 1 amide bonds. The second kappa shape index (κ2) is 8.90. The van der Waals surface area contributed by atoms with Crippen molar-refractivity contribution >= 4 is 27.7 Å². The third kappa shape index (κ3) is 5.11. The zero-order valence-corrected chi connectivity index (χ0v) is 16.3. The maximum absolute atomic E-state index is 12.5. The molecule has 0 unspecified atom stereocenters. The van der Waals surface area contributed by atoms with Crippen LogP contribution in [0.25, 0.3) is 6.08 Å². The van der Waals surface area contributed by atoms with Crippen molar-refractivity contribution in [2.75, 3.05) is 38.1 Å². The van der Waals surface area contributed by atoms with E-state index in [-0.39, 0.29) is 10.8 Å². The molecule has 1 N–H and O–H groups in total. The summed E-state index contributed by atoms with van der Waals surface area (Å²) in [6, 6.07) is 12.9. The van der Waals surface area contributed by atoms with Gasteiger partial charge in [-0.1, -0.05) is 12.1 Å². The number of morpholine rings is 1. The topological polar surface area (TPSA) is 84.9 Å². The normalized spacial score (nSPS) is 14.8. The van der Waals surface area contributed by atoms with Crippen molar-refractivity contribution in [1.29, 1.82) is 0 Å². The van der Waals surface area contributed by atoms with Crippen LogP contribution in [0, 0.1) is 0 Å². The SMILES string of the molecule is COc1ccc(NS(=O)(=O)c2ccc(/C=C/C(=O)N3CCOCC3)cc2)cc1. The van der Waals surface area contributed by atoms with Gasteiger partial charge in [-0.15, -0.1) is 0 Å². The molecule has 2 aromatic carbocycles. The molecule has 28 heavy (non-hydrogen) atoms. The van der Waals surface area contributed by atoms with Crippen molar-refractivity contribution in [2.45, 2.75) is 4.90 Å². The second-order valence-electron chi connectivity index (χ2n) is 6.17. The van der Waals surface area contributed by atoms with Gasteiger partial charge in [0.1, 0.15) is 5.75 Å². The molecule has 0 aliphatic carbocycles. The Labute approximate surface area is 164 Å². The highest BCUT2D eigenvalue weighted by atomic mass is 32.2. The summed E-state index contributed by atoms with van der Waals surface area (Å²) in [6.45, 7) is 2.26. The van der Waals surface area contributed by atoms with Crippen molar-refractivity contribution in [3.8, 4) is 5.75 Å². The summed E-state index contributed by atoms with van der Waals surface area (Å²) in [4.78, 5) is 14.0. The lowest BCUT2D eigenvalue weighted by Gasteiger charge is -2.25. The molecule has 3 rings (SSSR count). The molecule has 1 aliphatic rings. The van der Waals surface area contributed by atoms with E-state index in [4.69, 9.17) is 9.47 Å². The Balaban J connectivity index is 1.65. The molecule has 1 aliphatic heterocycles. The third-order valence-electron chi connectivity index (χ3n) is 4.27. The Morgan fingerprint density at radius 3 is 2.32 bits per heavy atom. The standard InChI is InChI=1S/C20H22N2O5S/c1-26-18-7-5-17(6-8-18)21-28(24,25)19-9-2-16(3-10-19)4-11-20(23)22-12-14-27-15-13-22/h2-11,21H,12-15H2,1H3/b11-4+. The lowest BCUT2D eigenvalue weighted by Crippen LogP contribution is -2.39. The average Bonchev–Trinajstić information content (AvgIpc) is 2.73. The van der Waals surface area contributed by atoms with E-state index in [1.165, 1.54) is 18.2 Å². The van der Waals surface area contributed by atoms with Crippen molar-refractivity contribution in [1.82, 2.24) is 4.90 Å². The first-order valence-corrected chi connectivity index (χ1v) is 10.3. The van der Waals surface area contributed by atoms with Crippen LogP contribution in [0.2, 0.25) is 0 Å². The van der Waals surface area contributed by atoms with Crippen molar-refractivity contribution < 1.29 is 22.7 Å². The lowest BCUT2D eigenvalue weighted by molar-refractivity contribution is -0.129. The van der Waals surface area contributed by atoms with Crippen LogP contribution >= 0.6 is 0 Å². The first-order valence-electron chi connectivity index (χ1n) is 8.79. The highest BCUT2D eigenvalue weighted by molar-refractivity contribution is 7.92. The van der Waals surface area contributed by atoms with E-state index in [9.17, 15) is 13.2 Å². The van der Waals surface area contributed by atoms with E-state index in [1.807, 2.05) is 0 Å². The predicted molar refractivity (Wildman–Crippen MR) is 107 cm³/mol. The Hall–Kier alpha value is -2.84. The van der Waals surface area contributed by atoms with Crippen LogP contribution in [0.1, 0.15) is 5.56 Å². The molecule has 0 atom stereocenters. The largest absolute Gasteiger partial charge is 0.497 e. The van der Waals surface area contributed by atoms with Gasteiger partial charge in [-0.05, 0) is 48.0 Å². The van der Waals surface area contributed by atoms with Crippen LogP contribution in [0.5, 0.6) is 5.75 Å². The van der Waals surface area contributed by atoms with E-state index in [0.717, 1.165) is 5.56 Å². The van der Waals surface area contributed by atoms with Gasteiger partial charge in [-0.3, -0.25) is 9.52 Å². The van der Waals surface area contributed by atoms with E-state index < -0.39 is 10.0 Å². The maximum atomic E-state index is 12.5. The number of benzene rings is 2. The Bertz CT molecular complexity index is 932. The minimum atomic E-state index is -3.70. The summed E-state index contributed by atoms with van der Waals surface area (Å²) in [6.07, 6.45) is 3.16. The van der Waals surface area contributed by atoms with E-state index in [2.05, 4.69) is 4.72 Å². The molecule has 7 nitrogen and oxygen atoms in total. The van der Waals surface area contributed by atoms with Crippen molar-refractivity contribution in [3.63, 3.8) is 0 Å². The maximum Gasteiger partial charge on any atom is 0.261 e. The monoisotopic (exact) mass is 402 g/mol. The van der Waals surface area contributed by atoms with Gasteiger partial charge in [0.2, 0.25) is 5.91 Å². The number of anilines is 1. The zero-order valence-electron chi connectivity index (χ0n) is 15.5. The summed E-state index contributed by atoms with van der Waals surface area (Å²) in [5, 5.41) is 0. The van der Waals surface area contributed by atoms with Crippen LogP contribution in [-0.2, 0) is 19.6 Å². The Morgan fingerprint density at radius 2 is 1.71 bits per heavy atom. The molecule has 0 spiro atoms. The second-order valence-corrected chi connectivity index (χ2v) is 7.86. The van der Waals surface area contributed by atoms with Crippen LogP contribution < -0.4 is 9.46 Å². The fourth-order valence-electron chi connectivity index (χ4n) is 2.69. The summed E-state index contributed by atoms with van der Waals surface area (Å²) in [7, 11) is -2.16. The smallest absolute Gasteiger partial charge is 0.261 e. The molecular weight excluding hydrogens is 380 g/mol. The number of methoxy groups -OCH3 is 1. The molecule has 1 saturated heterocycles. The van der Waals surface area contributed by atoms with Gasteiger partial charge in [0, 0.05) is 24.9 Å². The fourth-order valence-corrected chi connectivity index (χ4v) is 3.75. The van der Waals surface area contributed by atoms with Crippen molar-refractivity contribution in [3.05, 3.63) is 60.2 Å². The lowest BCUT2D eigenvalue weighted by atomic mass is 10.2. The molecule has 0 bridgehead atoms. The van der Waals surface area contributed by atoms with Gasteiger partial charge in [-0.2, -0.15) is 0 Å². The van der Waals surface area contributed by atoms with Gasteiger partial charge in [0.15, 0.2) is 0 Å². The molecule has 0 saturated carbocycles. The fraction of sp³-hybridized carbons (Fsp3) is 0.250. The highest BCUT2D eigenvalue weighted by Gasteiger charge is 2.15. The molecule has 1 heterocycles. The van der Waals surface area contributed by atoms with Crippen LogP contribution in [0.3, 0.4) is 0 Å². The number of hydrogen-bond acceptors (Lipinski definition) is 5. The molecule has 2 aromatic rings. The molecule has 148 valence electrons. The van der Waals surface area contributed by atoms with Crippen LogP contribution in [-0.4, -0.2) is 52.6 Å². The third-order valence-corrected chi connectivity index (χ3v) is 5.67. The first kappa shape index (κ1) is 19.9. The van der Waals surface area contributed by atoms with Gasteiger partial charge < -0.3 is 14.4 Å². The van der Waals surface area contributed by atoms with E-state index in [1.54, 1.807) is 54.5 Å². The summed E-state index contributed by atoms with van der Waals surface area (Å²) >= 11 is 0. The number of sulfonamides is 1. The minimum absolute atomic E-state index is 0.0822. The molecule has 0 aromatic heterocycles. The number of carbonyl (C=O) groups is 1. The molecule has 8 heteroatoms. The number of ether oxygens (including phenoxy) is 2. The summed E-state index contributed by atoms with van der Waals surface area (Å²) in [5.74, 6) is 0.562. The molecule has 1 fully saturated rings. The Kier molecular flexibility index (Phi) is 6.33. The number of nitrogens with one attached hydrogen (secondary N) is 1. The van der Waals surface area contributed by atoms with E-state index >= 15 is 0 Å². The van der Waals surface area contributed by atoms with Gasteiger partial charge in [0.25, 0.3) is 10.0 Å². The molecule has 0 radical (unpaired) electrons. The van der Waals surface area contributed by atoms with E-state index in [0.29, 0.717) is 37.7 Å². The highest BCUT2D eigenvalue weighted by Crippen LogP contribution is 2.20. The number of hydrogen-bond donors (Lipinski definition) is 1. The molecular formula is C20H22N2O5S. The number of amides is 1. The predicted octanol–water partition coefficient (Wildman–Crippen LogP) is 2.37. The number of nitrogens with zero attached hydrogens (tertiary/aromatic N) is 1. The van der Waals surface area contributed by atoms with Crippen LogP contribution in [0.15, 0.2) is 59.5 Å². The van der Waals surface area contributed by atoms with Gasteiger partial charge in [0.05, 0.1) is 25.2 Å². The zero-order chi connectivity index (χ0) is 20.0. The first-order chi connectivity index (χ1) is 13.5. The van der Waals surface area contributed by atoms with Gasteiger partial charge >= 0.3 is 0 Å². The Morgan fingerprint density at radius 1 is 1.07 bits per heavy atom. The van der Waals surface area contributed by atoms with Gasteiger partial charge in [-0.25, -0.2) is 8.42 Å². The minimum Gasteiger partial charge on any atom is -0.497 e. The summed E-state index contributed by atoms with van der Waals surface area (Å²) < 4.78 is 37.8. The van der Waals surface area contributed by atoms with Crippen LogP contribution in [0.4, 0.5) is 5.69 Å². The quantitative estimate of drug-likeness (QED) is 0.750. The number of rotatable bonds is 6. The summed E-state index contributed by atoms with van der Waals surface area (Å²) in [5.41, 5.74) is 1.19.